The van der Waals surface area contributed by atoms with E-state index in [-0.39, 0.29) is 12.6 Å². The topological polar surface area (TPSA) is 104 Å². The van der Waals surface area contributed by atoms with E-state index in [1.54, 1.807) is 12.4 Å². The number of nitrogens with zero attached hydrogens (tertiary/aromatic N) is 5. The third kappa shape index (κ3) is 10.0. The zero-order chi connectivity index (χ0) is 27.2. The van der Waals surface area contributed by atoms with Gasteiger partial charge in [0.2, 0.25) is 0 Å². The van der Waals surface area contributed by atoms with E-state index in [1.807, 2.05) is 17.3 Å². The lowest BCUT2D eigenvalue weighted by atomic mass is 10.1. The summed E-state index contributed by atoms with van der Waals surface area (Å²) in [6, 6.07) is 8.62. The fourth-order valence-electron chi connectivity index (χ4n) is 4.87. The first-order valence-electron chi connectivity index (χ1n) is 13.9. The van der Waals surface area contributed by atoms with Gasteiger partial charge < -0.3 is 20.0 Å². The number of hydrogen-bond donors (Lipinski definition) is 3. The Kier molecular flexibility index (Phi) is 12.5. The van der Waals surface area contributed by atoms with Crippen molar-refractivity contribution >= 4 is 5.97 Å². The van der Waals surface area contributed by atoms with Gasteiger partial charge in [-0.15, -0.1) is 0 Å². The minimum absolute atomic E-state index is 0.0625. The smallest absolute Gasteiger partial charge is 0.317 e. The molecule has 1 unspecified atom stereocenters. The molecule has 2 aromatic heterocycles. The summed E-state index contributed by atoms with van der Waals surface area (Å²) in [5.41, 5.74) is 2.32. The van der Waals surface area contributed by atoms with Gasteiger partial charge in [0.1, 0.15) is 11.6 Å². The number of carboxylic acids is 1. The van der Waals surface area contributed by atoms with Gasteiger partial charge in [0.05, 0.1) is 19.1 Å². The molecule has 0 spiro atoms. The maximum Gasteiger partial charge on any atom is 0.317 e. The zero-order valence-electron chi connectivity index (χ0n) is 23.3. The molecule has 0 radical (unpaired) electrons. The van der Waals surface area contributed by atoms with Crippen LogP contribution in [0.3, 0.4) is 0 Å². The average Bonchev–Trinajstić information content (AvgIpc) is 3.61. The number of aliphatic carboxylic acids is 1. The summed E-state index contributed by atoms with van der Waals surface area (Å²) in [7, 11) is 0. The van der Waals surface area contributed by atoms with Crippen LogP contribution in [0.2, 0.25) is 0 Å². The molecule has 0 saturated heterocycles. The molecule has 1 aromatic carbocycles. The van der Waals surface area contributed by atoms with Crippen LogP contribution in [-0.4, -0.2) is 78.4 Å². The Morgan fingerprint density at radius 2 is 1.45 bits per heavy atom. The molecule has 9 heteroatoms. The Morgan fingerprint density at radius 3 is 2.00 bits per heavy atom. The Hall–Kier alpha value is -3.01. The molecule has 2 heterocycles. The van der Waals surface area contributed by atoms with Crippen molar-refractivity contribution in [3.8, 4) is 0 Å². The first-order valence-corrected chi connectivity index (χ1v) is 13.9. The van der Waals surface area contributed by atoms with Crippen LogP contribution in [0.15, 0.2) is 49.1 Å². The molecular formula is C29H45N7O2. The van der Waals surface area contributed by atoms with Gasteiger partial charge in [-0.25, -0.2) is 9.97 Å². The summed E-state index contributed by atoms with van der Waals surface area (Å²) in [5, 5.41) is 9.45. The van der Waals surface area contributed by atoms with Gasteiger partial charge in [-0.2, -0.15) is 0 Å². The number of nitrogens with one attached hydrogen (secondary N) is 2. The van der Waals surface area contributed by atoms with Gasteiger partial charge in [-0.1, -0.05) is 38.1 Å². The number of aromatic nitrogens is 4. The van der Waals surface area contributed by atoms with Gasteiger partial charge in [0.25, 0.3) is 0 Å². The molecule has 0 bridgehead atoms. The molecule has 208 valence electrons. The van der Waals surface area contributed by atoms with Crippen molar-refractivity contribution in [2.24, 2.45) is 0 Å². The van der Waals surface area contributed by atoms with E-state index in [0.717, 1.165) is 62.8 Å². The SMILES string of the molecule is CCCN(CCC)CCCCN(CC(=O)O)Cc1ccc(CN(Cc2ncc[nH]2)C(C)c2ncc[nH]2)cc1. The molecule has 0 aliphatic heterocycles. The number of unbranched alkanes of at least 4 members (excludes halogenated alkanes) is 1. The van der Waals surface area contributed by atoms with Crippen molar-refractivity contribution in [2.45, 2.75) is 72.1 Å². The first kappa shape index (κ1) is 29.5. The van der Waals surface area contributed by atoms with Gasteiger partial charge >= 0.3 is 5.97 Å². The number of carboxylic acid groups (broad SMARTS) is 1. The fraction of sp³-hybridized carbons (Fsp3) is 0.552. The maximum atomic E-state index is 11.5. The minimum Gasteiger partial charge on any atom is -0.480 e. The van der Waals surface area contributed by atoms with E-state index in [4.69, 9.17) is 0 Å². The number of aromatic amines is 2. The lowest BCUT2D eigenvalue weighted by Crippen LogP contribution is -2.31. The van der Waals surface area contributed by atoms with Gasteiger partial charge in [0.15, 0.2) is 0 Å². The number of rotatable bonds is 19. The molecular weight excluding hydrogens is 478 g/mol. The van der Waals surface area contributed by atoms with Crippen LogP contribution in [0.25, 0.3) is 0 Å². The lowest BCUT2D eigenvalue weighted by molar-refractivity contribution is -0.138. The van der Waals surface area contributed by atoms with E-state index >= 15 is 0 Å². The summed E-state index contributed by atoms with van der Waals surface area (Å²) in [6.07, 6.45) is 11.7. The van der Waals surface area contributed by atoms with Crippen molar-refractivity contribution in [1.29, 1.82) is 0 Å². The van der Waals surface area contributed by atoms with Crippen molar-refractivity contribution in [3.05, 3.63) is 71.8 Å². The van der Waals surface area contributed by atoms with Crippen molar-refractivity contribution in [1.82, 2.24) is 34.6 Å². The van der Waals surface area contributed by atoms with Crippen LogP contribution in [0.4, 0.5) is 0 Å². The highest BCUT2D eigenvalue weighted by atomic mass is 16.4. The first-order chi connectivity index (χ1) is 18.5. The number of hydrogen-bond acceptors (Lipinski definition) is 6. The van der Waals surface area contributed by atoms with Gasteiger partial charge in [0, 0.05) is 37.9 Å². The normalized spacial score (nSPS) is 12.6. The molecule has 0 fully saturated rings. The highest BCUT2D eigenvalue weighted by molar-refractivity contribution is 5.69. The summed E-state index contributed by atoms with van der Waals surface area (Å²) in [4.78, 5) is 33.7. The fourth-order valence-corrected chi connectivity index (χ4v) is 4.87. The number of imidazole rings is 2. The van der Waals surface area contributed by atoms with E-state index in [2.05, 4.69) is 74.8 Å². The average molecular weight is 524 g/mol. The highest BCUT2D eigenvalue weighted by Gasteiger charge is 2.20. The summed E-state index contributed by atoms with van der Waals surface area (Å²) < 4.78 is 0. The lowest BCUT2D eigenvalue weighted by Gasteiger charge is -2.27. The summed E-state index contributed by atoms with van der Waals surface area (Å²) >= 11 is 0. The minimum atomic E-state index is -0.777. The molecule has 0 aliphatic rings. The van der Waals surface area contributed by atoms with Crippen LogP contribution in [0.5, 0.6) is 0 Å². The standard InChI is InChI=1S/C29H45N7O2/c1-4-16-34(17-5-2)18-6-7-19-35(23-28(37)38)20-25-8-10-26(11-9-25)21-36(22-27-30-12-13-31-27)24(3)29-32-14-15-33-29/h8-15,24H,4-7,16-23H2,1-3H3,(H,30,31)(H,32,33)(H,37,38). The molecule has 3 rings (SSSR count). The molecule has 1 atom stereocenters. The van der Waals surface area contributed by atoms with Crippen LogP contribution in [0, 0.1) is 0 Å². The van der Waals surface area contributed by atoms with Crippen LogP contribution in [-0.2, 0) is 24.4 Å². The van der Waals surface area contributed by atoms with Crippen LogP contribution in [0.1, 0.15) is 75.3 Å². The van der Waals surface area contributed by atoms with E-state index in [9.17, 15) is 9.90 Å². The van der Waals surface area contributed by atoms with Gasteiger partial charge in [-0.3, -0.25) is 14.6 Å². The molecule has 3 N–H and O–H groups in total. The second-order valence-electron chi connectivity index (χ2n) is 10.1. The van der Waals surface area contributed by atoms with Crippen molar-refractivity contribution in [3.63, 3.8) is 0 Å². The Balaban J connectivity index is 1.57. The van der Waals surface area contributed by atoms with Crippen molar-refractivity contribution < 1.29 is 9.90 Å². The Labute approximate surface area is 227 Å². The number of carbonyl (C=O) groups is 1. The predicted molar refractivity (Wildman–Crippen MR) is 150 cm³/mol. The molecule has 38 heavy (non-hydrogen) atoms. The predicted octanol–water partition coefficient (Wildman–Crippen LogP) is 4.69. The second kappa shape index (κ2) is 16.1. The maximum absolute atomic E-state index is 11.5. The molecule has 3 aromatic rings. The van der Waals surface area contributed by atoms with Crippen LogP contribution >= 0.6 is 0 Å². The second-order valence-corrected chi connectivity index (χ2v) is 10.1. The zero-order valence-corrected chi connectivity index (χ0v) is 23.3. The van der Waals surface area contributed by atoms with Crippen LogP contribution < -0.4 is 0 Å². The van der Waals surface area contributed by atoms with E-state index in [0.29, 0.717) is 13.1 Å². The Bertz CT molecular complexity index is 1020. The van der Waals surface area contributed by atoms with Crippen molar-refractivity contribution in [2.75, 3.05) is 32.7 Å². The number of benzene rings is 1. The molecule has 0 saturated carbocycles. The van der Waals surface area contributed by atoms with E-state index in [1.165, 1.54) is 18.4 Å². The van der Waals surface area contributed by atoms with Gasteiger partial charge in [-0.05, 0) is 69.9 Å². The summed E-state index contributed by atoms with van der Waals surface area (Å²) in [5.74, 6) is 1.06. The highest BCUT2D eigenvalue weighted by Crippen LogP contribution is 2.22. The van der Waals surface area contributed by atoms with E-state index < -0.39 is 5.97 Å². The Morgan fingerprint density at radius 1 is 0.842 bits per heavy atom. The summed E-state index contributed by atoms with van der Waals surface area (Å²) in [6.45, 7) is 12.9. The largest absolute Gasteiger partial charge is 0.480 e. The third-order valence-corrected chi connectivity index (χ3v) is 6.82. The quantitative estimate of drug-likeness (QED) is 0.196. The molecule has 0 amide bonds. The molecule has 0 aliphatic carbocycles. The monoisotopic (exact) mass is 523 g/mol. The molecule has 9 nitrogen and oxygen atoms in total. The third-order valence-electron chi connectivity index (χ3n) is 6.82. The number of H-pyrrole nitrogens is 2.